The third kappa shape index (κ3) is 5.81. The molecule has 2 aromatic carbocycles. The number of hydrogen-bond donors (Lipinski definition) is 2. The highest BCUT2D eigenvalue weighted by molar-refractivity contribution is 5.86. The van der Waals surface area contributed by atoms with Crippen molar-refractivity contribution in [2.75, 3.05) is 33.4 Å². The molecule has 10 heteroatoms. The molecule has 2 aromatic rings. The van der Waals surface area contributed by atoms with Gasteiger partial charge >= 0.3 is 12.2 Å². The number of carbonyl (C=O) groups is 2. The van der Waals surface area contributed by atoms with Crippen molar-refractivity contribution in [3.05, 3.63) is 70.3 Å². The van der Waals surface area contributed by atoms with Gasteiger partial charge in [0.1, 0.15) is 0 Å². The molecular formula is C31H40F3N3O4. The van der Waals surface area contributed by atoms with Crippen LogP contribution in [0.25, 0.3) is 0 Å². The first kappa shape index (κ1) is 30.8. The van der Waals surface area contributed by atoms with Crippen molar-refractivity contribution in [1.29, 1.82) is 0 Å². The van der Waals surface area contributed by atoms with E-state index in [-0.39, 0.29) is 50.6 Å². The van der Waals surface area contributed by atoms with Crippen LogP contribution in [0.5, 0.6) is 0 Å². The number of halogens is 3. The number of aryl methyl sites for hydroxylation is 2. The van der Waals surface area contributed by atoms with E-state index in [1.807, 2.05) is 31.2 Å². The van der Waals surface area contributed by atoms with Crippen molar-refractivity contribution in [2.45, 2.75) is 70.8 Å². The number of fused-ring (bicyclic) bond motifs is 1. The molecular weight excluding hydrogens is 535 g/mol. The predicted molar refractivity (Wildman–Crippen MR) is 149 cm³/mol. The fourth-order valence-corrected chi connectivity index (χ4v) is 6.56. The van der Waals surface area contributed by atoms with Crippen LogP contribution >= 0.6 is 0 Å². The van der Waals surface area contributed by atoms with Gasteiger partial charge in [-0.05, 0) is 73.9 Å². The summed E-state index contributed by atoms with van der Waals surface area (Å²) in [6.07, 6.45) is -3.25. The Labute approximate surface area is 239 Å². The zero-order valence-corrected chi connectivity index (χ0v) is 24.1. The van der Waals surface area contributed by atoms with Gasteiger partial charge in [-0.3, -0.25) is 4.79 Å². The minimum atomic E-state index is -4.50. The highest BCUT2D eigenvalue weighted by Crippen LogP contribution is 2.49. The highest BCUT2D eigenvalue weighted by Gasteiger charge is 2.56. The molecule has 2 saturated heterocycles. The van der Waals surface area contributed by atoms with E-state index in [0.717, 1.165) is 23.3 Å². The lowest BCUT2D eigenvalue weighted by Crippen LogP contribution is -2.57. The summed E-state index contributed by atoms with van der Waals surface area (Å²) >= 11 is 0. The van der Waals surface area contributed by atoms with Gasteiger partial charge in [0.2, 0.25) is 5.91 Å². The van der Waals surface area contributed by atoms with E-state index in [0.29, 0.717) is 30.5 Å². The molecule has 0 aromatic heterocycles. The molecule has 41 heavy (non-hydrogen) atoms. The highest BCUT2D eigenvalue weighted by atomic mass is 19.4. The summed E-state index contributed by atoms with van der Waals surface area (Å²) in [6.45, 7) is 5.61. The van der Waals surface area contributed by atoms with Gasteiger partial charge in [-0.2, -0.15) is 13.2 Å². The topological polar surface area (TPSA) is 84.3 Å². The zero-order chi connectivity index (χ0) is 30.1. The smallest absolute Gasteiger partial charge is 0.396 e. The maximum absolute atomic E-state index is 14.2. The summed E-state index contributed by atoms with van der Waals surface area (Å²) in [5.41, 5.74) is 1.14. The van der Waals surface area contributed by atoms with E-state index in [2.05, 4.69) is 0 Å². The van der Waals surface area contributed by atoms with Crippen LogP contribution in [0.4, 0.5) is 18.0 Å². The van der Waals surface area contributed by atoms with Crippen LogP contribution in [0.2, 0.25) is 0 Å². The summed E-state index contributed by atoms with van der Waals surface area (Å²) in [5, 5.41) is 19.6. The minimum absolute atomic E-state index is 0.117. The number of amides is 3. The standard InChI is InChI=1S/C31H40F3N3O4/c1-5-22-16-23(18-24(17-22)31(32,33)34)21(3)35(4)29(41)37-13-12-36-26(27(37)25-9-7-6-8-20(25)2)19-30(10-14-38,11-15-39)28(36)40/h6-9,16-18,21,26-27,38-39H,5,10-15,19H2,1-4H3/t21-,26+,27+/m1/s1. The lowest BCUT2D eigenvalue weighted by molar-refractivity contribution is -0.140. The fraction of sp³-hybridized carbons (Fsp3) is 0.548. The molecule has 3 amide bonds. The van der Waals surface area contributed by atoms with Crippen molar-refractivity contribution in [1.82, 2.24) is 14.7 Å². The maximum atomic E-state index is 14.2. The number of hydrogen-bond acceptors (Lipinski definition) is 4. The molecule has 2 heterocycles. The molecule has 0 radical (unpaired) electrons. The van der Waals surface area contributed by atoms with Gasteiger partial charge in [0, 0.05) is 33.4 Å². The average Bonchev–Trinajstić information content (AvgIpc) is 3.22. The SMILES string of the molecule is CCc1cc([C@@H](C)N(C)C(=O)N2CCN3C(=O)C(CCO)(CCO)C[C@H]3[C@@H]2c2ccccc2C)cc(C(F)(F)F)c1. The Kier molecular flexibility index (Phi) is 9.04. The molecule has 0 saturated carbocycles. The fourth-order valence-electron chi connectivity index (χ4n) is 6.56. The van der Waals surface area contributed by atoms with Crippen molar-refractivity contribution in [3.8, 4) is 0 Å². The average molecular weight is 576 g/mol. The Morgan fingerprint density at radius 2 is 1.78 bits per heavy atom. The maximum Gasteiger partial charge on any atom is 0.416 e. The third-order valence-electron chi connectivity index (χ3n) is 9.05. The number of alkyl halides is 3. The van der Waals surface area contributed by atoms with Gasteiger partial charge in [0.05, 0.1) is 29.1 Å². The normalized spacial score (nSPS) is 21.1. The number of piperazine rings is 1. The molecule has 224 valence electrons. The second kappa shape index (κ2) is 12.0. The first-order valence-corrected chi connectivity index (χ1v) is 14.2. The summed E-state index contributed by atoms with van der Waals surface area (Å²) in [7, 11) is 1.60. The lowest BCUT2D eigenvalue weighted by atomic mass is 9.77. The summed E-state index contributed by atoms with van der Waals surface area (Å²) in [5.74, 6) is -0.117. The van der Waals surface area contributed by atoms with Crippen LogP contribution in [0.15, 0.2) is 42.5 Å². The Balaban J connectivity index is 1.72. The van der Waals surface area contributed by atoms with Crippen LogP contribution in [-0.2, 0) is 17.4 Å². The second-order valence-corrected chi connectivity index (χ2v) is 11.4. The Morgan fingerprint density at radius 1 is 1.12 bits per heavy atom. The number of aliphatic hydroxyl groups excluding tert-OH is 2. The number of benzene rings is 2. The number of nitrogens with zero attached hydrogens (tertiary/aromatic N) is 3. The van der Waals surface area contributed by atoms with Crippen LogP contribution < -0.4 is 0 Å². The Morgan fingerprint density at radius 3 is 2.37 bits per heavy atom. The number of urea groups is 1. The zero-order valence-electron chi connectivity index (χ0n) is 24.1. The molecule has 2 aliphatic heterocycles. The van der Waals surface area contributed by atoms with Gasteiger partial charge in [-0.1, -0.05) is 37.3 Å². The molecule has 2 fully saturated rings. The van der Waals surface area contributed by atoms with Gasteiger partial charge in [0.15, 0.2) is 0 Å². The molecule has 0 spiro atoms. The van der Waals surface area contributed by atoms with Crippen LogP contribution in [0.3, 0.4) is 0 Å². The van der Waals surface area contributed by atoms with Crippen LogP contribution in [0, 0.1) is 12.3 Å². The van der Waals surface area contributed by atoms with Crippen molar-refractivity contribution >= 4 is 11.9 Å². The first-order valence-electron chi connectivity index (χ1n) is 14.2. The van der Waals surface area contributed by atoms with Crippen molar-refractivity contribution < 1.29 is 33.0 Å². The number of rotatable bonds is 8. The Hall–Kier alpha value is -3.11. The van der Waals surface area contributed by atoms with Gasteiger partial charge in [0.25, 0.3) is 0 Å². The molecule has 0 bridgehead atoms. The summed E-state index contributed by atoms with van der Waals surface area (Å²) in [4.78, 5) is 32.8. The number of carbonyl (C=O) groups excluding carboxylic acids is 2. The Bertz CT molecular complexity index is 1260. The van der Waals surface area contributed by atoms with Crippen molar-refractivity contribution in [3.63, 3.8) is 0 Å². The molecule has 0 aliphatic carbocycles. The third-order valence-corrected chi connectivity index (χ3v) is 9.05. The summed E-state index contributed by atoms with van der Waals surface area (Å²) in [6, 6.07) is 9.80. The van der Waals surface area contributed by atoms with E-state index in [1.54, 1.807) is 36.8 Å². The molecule has 7 nitrogen and oxygen atoms in total. The molecule has 2 N–H and O–H groups in total. The predicted octanol–water partition coefficient (Wildman–Crippen LogP) is 5.10. The molecule has 2 aliphatic rings. The van der Waals surface area contributed by atoms with Gasteiger partial charge in [-0.25, -0.2) is 4.79 Å². The molecule has 3 atom stereocenters. The number of aliphatic hydroxyl groups is 2. The first-order chi connectivity index (χ1) is 19.4. The monoisotopic (exact) mass is 575 g/mol. The van der Waals surface area contributed by atoms with E-state index in [1.165, 1.54) is 4.90 Å². The lowest BCUT2D eigenvalue weighted by Gasteiger charge is -2.47. The van der Waals surface area contributed by atoms with E-state index >= 15 is 0 Å². The van der Waals surface area contributed by atoms with E-state index < -0.39 is 29.2 Å². The minimum Gasteiger partial charge on any atom is -0.396 e. The summed E-state index contributed by atoms with van der Waals surface area (Å²) < 4.78 is 41.0. The second-order valence-electron chi connectivity index (χ2n) is 11.4. The van der Waals surface area contributed by atoms with Crippen LogP contribution in [0.1, 0.15) is 73.0 Å². The van der Waals surface area contributed by atoms with Gasteiger partial charge < -0.3 is 24.9 Å². The van der Waals surface area contributed by atoms with E-state index in [4.69, 9.17) is 0 Å². The van der Waals surface area contributed by atoms with Gasteiger partial charge in [-0.15, -0.1) is 0 Å². The largest absolute Gasteiger partial charge is 0.416 e. The molecule has 4 rings (SSSR count). The van der Waals surface area contributed by atoms with E-state index in [9.17, 15) is 33.0 Å². The van der Waals surface area contributed by atoms with Crippen molar-refractivity contribution in [2.24, 2.45) is 5.41 Å². The molecule has 0 unspecified atom stereocenters. The van der Waals surface area contributed by atoms with Crippen LogP contribution in [-0.4, -0.2) is 76.2 Å². The quantitative estimate of drug-likeness (QED) is 0.459.